The normalized spacial score (nSPS) is 14.5. The number of unbranched alkanes of at least 4 members (excludes halogenated alkanes) is 2. The van der Waals surface area contributed by atoms with E-state index in [1.165, 1.54) is 35.5 Å². The van der Waals surface area contributed by atoms with Gasteiger partial charge in [0.2, 0.25) is 5.91 Å². The summed E-state index contributed by atoms with van der Waals surface area (Å²) in [6.45, 7) is 21.4. The number of likely N-dealkylation sites (N-methyl/N-ethyl adjacent to an activating group) is 1. The molecule has 1 aromatic heterocycles. The Morgan fingerprint density at radius 1 is 1.00 bits per heavy atom. The van der Waals surface area contributed by atoms with Crippen LogP contribution in [0.1, 0.15) is 111 Å². The second kappa shape index (κ2) is 25.1. The highest BCUT2D eigenvalue weighted by atomic mass is 32.2. The number of allylic oxidation sites excluding steroid dienone is 1. The number of rotatable bonds is 22. The van der Waals surface area contributed by atoms with Gasteiger partial charge in [0.25, 0.3) is 21.9 Å². The summed E-state index contributed by atoms with van der Waals surface area (Å²) in [6.07, 6.45) is 13.4. The van der Waals surface area contributed by atoms with Crippen molar-refractivity contribution in [3.05, 3.63) is 76.1 Å². The fraction of sp³-hybridized carbons (Fsp3) is 0.556. The second-order valence-electron chi connectivity index (χ2n) is 16.6. The number of benzene rings is 1. The maximum Gasteiger partial charge on any atom is 0.265 e. The number of hydrogen-bond acceptors (Lipinski definition) is 10. The van der Waals surface area contributed by atoms with Crippen LogP contribution < -0.4 is 37.4 Å². The van der Waals surface area contributed by atoms with E-state index in [1.807, 2.05) is 26.1 Å². The van der Waals surface area contributed by atoms with Crippen molar-refractivity contribution in [3.63, 3.8) is 0 Å². The molecule has 4 rings (SSSR count). The molecule has 0 saturated heterocycles. The number of nitrogens with one attached hydrogen (secondary N) is 2. The number of hydrogen-bond donors (Lipinski definition) is 5. The van der Waals surface area contributed by atoms with E-state index in [0.717, 1.165) is 71.9 Å². The zero-order valence-corrected chi connectivity index (χ0v) is 38.5. The van der Waals surface area contributed by atoms with Crippen LogP contribution in [0.4, 0.5) is 0 Å². The van der Waals surface area contributed by atoms with Gasteiger partial charge in [-0.2, -0.15) is 8.42 Å². The lowest BCUT2D eigenvalue weighted by Crippen LogP contribution is -2.38. The highest BCUT2D eigenvalue weighted by Crippen LogP contribution is 2.30. The molecule has 340 valence electrons. The summed E-state index contributed by atoms with van der Waals surface area (Å²) in [5.74, 6) is 0.635. The number of carbonyl (C=O) groups excluding carboxylic acids is 3. The first kappa shape index (κ1) is 52.2. The number of aromatic nitrogens is 1. The Balaban J connectivity index is 0.000000763. The molecule has 0 unspecified atom stereocenters. The van der Waals surface area contributed by atoms with Crippen molar-refractivity contribution in [1.29, 1.82) is 0 Å². The highest BCUT2D eigenvalue weighted by Gasteiger charge is 2.26. The zero-order chi connectivity index (χ0) is 45.8. The van der Waals surface area contributed by atoms with Gasteiger partial charge in [-0.25, -0.2) is 4.99 Å². The Morgan fingerprint density at radius 2 is 1.67 bits per heavy atom. The fourth-order valence-corrected chi connectivity index (χ4v) is 6.42. The van der Waals surface area contributed by atoms with Crippen LogP contribution in [0, 0.1) is 5.41 Å². The summed E-state index contributed by atoms with van der Waals surface area (Å²) < 4.78 is 44.8. The van der Waals surface area contributed by atoms with Gasteiger partial charge in [0.1, 0.15) is 11.6 Å². The molecule has 1 fully saturated rings. The number of amides is 3. The molecule has 7 N–H and O–H groups in total. The summed E-state index contributed by atoms with van der Waals surface area (Å²) in [4.78, 5) is 39.2. The van der Waals surface area contributed by atoms with E-state index in [0.29, 0.717) is 38.7 Å². The molecule has 1 aromatic carbocycles. The standard InChI is InChI=1S/C35H57N5O6S.C6H7NO2.C4H7N/c1-9-11-12-18-37-33(39-30(36)13-10-2)32-26(3)16-19-40(32)22-27-14-15-28(21-29(27)45-8)35(6,7)25-46-24-34(4,5)23-38-31(41)17-20-47(42,43)44;1-2-7-5(8)3-4-6(7)9;5-3-4-1-2-4/h14-16,19,21,37H,3,9-13,17-18,20,22-25H2,1-2,4-8H3,(H2,36,39)(H,38,41)(H,42,43,44);3-4H,2H2,1H3;3H,1-2,5H2/b33-32+;;. The molecule has 1 aliphatic carbocycles. The number of nitrogens with two attached hydrogens (primary N) is 2. The summed E-state index contributed by atoms with van der Waals surface area (Å²) in [6, 6.07) is 8.22. The van der Waals surface area contributed by atoms with Crippen LogP contribution in [-0.2, 0) is 41.2 Å². The smallest absolute Gasteiger partial charge is 0.265 e. The van der Waals surface area contributed by atoms with Gasteiger partial charge in [-0.1, -0.05) is 78.7 Å². The van der Waals surface area contributed by atoms with E-state index in [2.05, 4.69) is 67.7 Å². The molecular weight excluding hydrogens is 799 g/mol. The molecule has 1 aliphatic heterocycles. The summed E-state index contributed by atoms with van der Waals surface area (Å²) in [7, 11) is -2.51. The van der Waals surface area contributed by atoms with Gasteiger partial charge in [0.05, 0.1) is 38.0 Å². The number of carbonyl (C=O) groups is 3. The van der Waals surface area contributed by atoms with Crippen molar-refractivity contribution >= 4 is 46.1 Å². The Bertz CT molecular complexity index is 2060. The number of amidine groups is 1. The third kappa shape index (κ3) is 19.1. The number of ether oxygens (including phenoxy) is 2. The molecule has 0 atom stereocenters. The second-order valence-corrected chi connectivity index (χ2v) is 18.2. The maximum absolute atomic E-state index is 12.0. The first-order valence-electron chi connectivity index (χ1n) is 21.1. The summed E-state index contributed by atoms with van der Waals surface area (Å²) in [5.41, 5.74) is 14.1. The highest BCUT2D eigenvalue weighted by molar-refractivity contribution is 7.85. The van der Waals surface area contributed by atoms with E-state index in [-0.39, 0.29) is 23.7 Å². The monoisotopic (exact) mass is 870 g/mol. The Kier molecular flexibility index (Phi) is 21.5. The van der Waals surface area contributed by atoms with Crippen molar-refractivity contribution in [1.82, 2.24) is 20.1 Å². The average Bonchev–Trinajstić information content (AvgIpc) is 3.90. The molecule has 0 bridgehead atoms. The lowest BCUT2D eigenvalue weighted by Gasteiger charge is -2.30. The van der Waals surface area contributed by atoms with Crippen molar-refractivity contribution in [2.75, 3.05) is 45.7 Å². The van der Waals surface area contributed by atoms with Crippen molar-refractivity contribution in [2.24, 2.45) is 21.9 Å². The van der Waals surface area contributed by atoms with Gasteiger partial charge < -0.3 is 36.1 Å². The van der Waals surface area contributed by atoms with Crippen LogP contribution in [0.15, 0.2) is 59.4 Å². The van der Waals surface area contributed by atoms with Crippen molar-refractivity contribution < 1.29 is 36.8 Å². The third-order valence-corrected chi connectivity index (χ3v) is 10.5. The molecule has 0 radical (unpaired) electrons. The van der Waals surface area contributed by atoms with E-state index < -0.39 is 27.2 Å². The minimum Gasteiger partial charge on any atom is -0.496 e. The minimum absolute atomic E-state index is 0.206. The van der Waals surface area contributed by atoms with Crippen LogP contribution in [0.2, 0.25) is 0 Å². The zero-order valence-electron chi connectivity index (χ0n) is 37.6. The lowest BCUT2D eigenvalue weighted by molar-refractivity contribution is -0.136. The molecule has 0 spiro atoms. The molecule has 1 saturated carbocycles. The predicted molar refractivity (Wildman–Crippen MR) is 243 cm³/mol. The van der Waals surface area contributed by atoms with E-state index in [4.69, 9.17) is 30.5 Å². The molecule has 2 heterocycles. The topological polar surface area (TPSA) is 221 Å². The predicted octanol–water partition coefficient (Wildman–Crippen LogP) is 4.23. The van der Waals surface area contributed by atoms with Gasteiger partial charge in [-0.3, -0.25) is 23.8 Å². The number of nitrogens with zero attached hydrogens (tertiary/aromatic N) is 3. The molecule has 2 aliphatic rings. The fourth-order valence-electron chi connectivity index (χ4n) is 5.98. The van der Waals surface area contributed by atoms with Crippen molar-refractivity contribution in [2.45, 2.75) is 112 Å². The minimum atomic E-state index is -4.18. The SMILES string of the molecule is C=c1ccn(Cc2ccc(C(C)(C)COCC(C)(C)CNC(=O)CCS(=O)(=O)O)cc2OC)/c1=C(/N=C(/N)CCC)NCCCCC.CCN1C(=O)C=CC1=O.NC=C1CC1. The van der Waals surface area contributed by atoms with Crippen LogP contribution in [0.25, 0.3) is 12.4 Å². The van der Waals surface area contributed by atoms with Gasteiger partial charge in [0, 0.05) is 67.2 Å². The van der Waals surface area contributed by atoms with Crippen LogP contribution in [-0.4, -0.2) is 91.7 Å². The molecule has 61 heavy (non-hydrogen) atoms. The number of aliphatic imine (C=N–C) groups is 1. The third-order valence-electron chi connectivity index (χ3n) is 9.81. The molecule has 16 heteroatoms. The van der Waals surface area contributed by atoms with Crippen LogP contribution in [0.3, 0.4) is 0 Å². The van der Waals surface area contributed by atoms with Crippen LogP contribution in [0.5, 0.6) is 5.75 Å². The van der Waals surface area contributed by atoms with Gasteiger partial charge in [-0.05, 0) is 61.7 Å². The van der Waals surface area contributed by atoms with E-state index in [1.54, 1.807) is 20.2 Å². The quantitative estimate of drug-likeness (QED) is 0.0371. The Hall–Kier alpha value is -4.93. The average molecular weight is 870 g/mol. The molecule has 2 aromatic rings. The lowest BCUT2D eigenvalue weighted by atomic mass is 9.84. The molecular formula is C45H71N7O8S. The largest absolute Gasteiger partial charge is 0.496 e. The maximum atomic E-state index is 12.0. The number of methoxy groups -OCH3 is 1. The van der Waals surface area contributed by atoms with Crippen molar-refractivity contribution in [3.8, 4) is 5.75 Å². The Labute approximate surface area is 363 Å². The van der Waals surface area contributed by atoms with Gasteiger partial charge in [-0.15, -0.1) is 0 Å². The van der Waals surface area contributed by atoms with Gasteiger partial charge in [0.15, 0.2) is 5.82 Å². The summed E-state index contributed by atoms with van der Waals surface area (Å²) in [5, 5.41) is 8.01. The summed E-state index contributed by atoms with van der Waals surface area (Å²) >= 11 is 0. The van der Waals surface area contributed by atoms with Crippen LogP contribution >= 0.6 is 0 Å². The molecule has 15 nitrogen and oxygen atoms in total. The van der Waals surface area contributed by atoms with E-state index >= 15 is 0 Å². The van der Waals surface area contributed by atoms with E-state index in [9.17, 15) is 22.8 Å². The van der Waals surface area contributed by atoms with Gasteiger partial charge >= 0.3 is 0 Å². The number of imide groups is 1. The first-order valence-corrected chi connectivity index (χ1v) is 22.7. The molecule has 3 amide bonds. The Morgan fingerprint density at radius 3 is 2.20 bits per heavy atom. The first-order chi connectivity index (χ1) is 28.7.